The average molecular weight is 494 g/mol. The molecule has 0 radical (unpaired) electrons. The highest BCUT2D eigenvalue weighted by Crippen LogP contribution is 2.31. The number of pyridine rings is 1. The van der Waals surface area contributed by atoms with Gasteiger partial charge in [-0.15, -0.1) is 0 Å². The number of hydrogen-bond donors (Lipinski definition) is 3. The van der Waals surface area contributed by atoms with Crippen LogP contribution in [-0.4, -0.2) is 74.1 Å². The minimum Gasteiger partial charge on any atom is -0.495 e. The normalized spacial score (nSPS) is 15.6. The van der Waals surface area contributed by atoms with Gasteiger partial charge in [-0.2, -0.15) is 15.3 Å². The maximum Gasteiger partial charge on any atom is 0.222 e. The summed E-state index contributed by atoms with van der Waals surface area (Å²) in [4.78, 5) is 15.8. The summed E-state index contributed by atoms with van der Waals surface area (Å²) in [5.74, 6) is 1.88. The molecule has 192 valence electrons. The van der Waals surface area contributed by atoms with E-state index in [1.54, 1.807) is 13.3 Å². The maximum atomic E-state index is 9.48. The van der Waals surface area contributed by atoms with Gasteiger partial charge < -0.3 is 20.9 Å². The van der Waals surface area contributed by atoms with Crippen molar-refractivity contribution in [1.29, 1.82) is 5.26 Å². The summed E-state index contributed by atoms with van der Waals surface area (Å²) in [5, 5.41) is 26.4. The number of methoxy groups -OCH3 is 1. The SMILES string of the molecule is CCC[C@@H](CCO)Nc1nc(N)nc2cnn(Cc3ncc(C4CCN(CC#N)CC4)cc3OC)c12. The van der Waals surface area contributed by atoms with Crippen LogP contribution in [0.2, 0.25) is 0 Å². The summed E-state index contributed by atoms with van der Waals surface area (Å²) in [5.41, 5.74) is 9.26. The first-order valence-electron chi connectivity index (χ1n) is 12.5. The molecule has 1 atom stereocenters. The van der Waals surface area contributed by atoms with Crippen LogP contribution in [0.1, 0.15) is 56.2 Å². The van der Waals surface area contributed by atoms with Crippen LogP contribution in [-0.2, 0) is 6.54 Å². The fraction of sp³-hybridized carbons (Fsp3) is 0.560. The highest BCUT2D eigenvalue weighted by atomic mass is 16.5. The van der Waals surface area contributed by atoms with Gasteiger partial charge in [0.25, 0.3) is 0 Å². The van der Waals surface area contributed by atoms with Crippen LogP contribution in [0.25, 0.3) is 11.0 Å². The third kappa shape index (κ3) is 5.83. The Hall–Kier alpha value is -3.49. The van der Waals surface area contributed by atoms with E-state index in [9.17, 15) is 5.11 Å². The minimum atomic E-state index is 0.0624. The van der Waals surface area contributed by atoms with Crippen LogP contribution in [0, 0.1) is 11.3 Å². The van der Waals surface area contributed by atoms with Crippen LogP contribution in [0.5, 0.6) is 5.75 Å². The van der Waals surface area contributed by atoms with Gasteiger partial charge in [-0.05, 0) is 56.3 Å². The lowest BCUT2D eigenvalue weighted by Crippen LogP contribution is -2.33. The minimum absolute atomic E-state index is 0.0624. The van der Waals surface area contributed by atoms with Crippen molar-refractivity contribution < 1.29 is 9.84 Å². The van der Waals surface area contributed by atoms with Gasteiger partial charge in [0.2, 0.25) is 5.95 Å². The van der Waals surface area contributed by atoms with E-state index < -0.39 is 0 Å². The molecule has 4 N–H and O–H groups in total. The number of aliphatic hydroxyl groups is 1. The van der Waals surface area contributed by atoms with Crippen LogP contribution < -0.4 is 15.8 Å². The van der Waals surface area contributed by atoms with E-state index >= 15 is 0 Å². The van der Waals surface area contributed by atoms with E-state index in [0.29, 0.717) is 42.5 Å². The summed E-state index contributed by atoms with van der Waals surface area (Å²) in [7, 11) is 1.65. The van der Waals surface area contributed by atoms with Crippen molar-refractivity contribution in [3.05, 3.63) is 29.7 Å². The maximum absolute atomic E-state index is 9.48. The number of nitrogens with two attached hydrogens (primary N) is 1. The summed E-state index contributed by atoms with van der Waals surface area (Å²) >= 11 is 0. The largest absolute Gasteiger partial charge is 0.495 e. The molecule has 0 bridgehead atoms. The molecule has 1 fully saturated rings. The van der Waals surface area contributed by atoms with Crippen molar-refractivity contribution in [3.8, 4) is 11.8 Å². The summed E-state index contributed by atoms with van der Waals surface area (Å²) in [6.45, 7) is 4.89. The van der Waals surface area contributed by atoms with Gasteiger partial charge in [-0.25, -0.2) is 4.98 Å². The topological polar surface area (TPSA) is 151 Å². The van der Waals surface area contributed by atoms with Gasteiger partial charge in [0.05, 0.1) is 32.5 Å². The molecule has 0 spiro atoms. The van der Waals surface area contributed by atoms with Crippen molar-refractivity contribution >= 4 is 22.8 Å². The highest BCUT2D eigenvalue weighted by Gasteiger charge is 2.23. The van der Waals surface area contributed by atoms with Crippen molar-refractivity contribution in [1.82, 2.24) is 29.6 Å². The van der Waals surface area contributed by atoms with Crippen molar-refractivity contribution in [3.63, 3.8) is 0 Å². The van der Waals surface area contributed by atoms with Crippen molar-refractivity contribution in [2.75, 3.05) is 44.4 Å². The molecule has 1 saturated heterocycles. The number of ether oxygens (including phenoxy) is 1. The average Bonchev–Trinajstić information content (AvgIpc) is 3.27. The summed E-state index contributed by atoms with van der Waals surface area (Å²) in [6.07, 6.45) is 8.08. The van der Waals surface area contributed by atoms with Gasteiger partial charge in [-0.3, -0.25) is 14.6 Å². The van der Waals surface area contributed by atoms with Crippen LogP contribution >= 0.6 is 0 Å². The van der Waals surface area contributed by atoms with E-state index in [-0.39, 0.29) is 18.6 Å². The lowest BCUT2D eigenvalue weighted by molar-refractivity contribution is 0.234. The smallest absolute Gasteiger partial charge is 0.222 e. The Balaban J connectivity index is 1.58. The Morgan fingerprint density at radius 2 is 2.08 bits per heavy atom. The molecule has 4 heterocycles. The number of nitrogens with zero attached hydrogens (tertiary/aromatic N) is 7. The third-order valence-corrected chi connectivity index (χ3v) is 6.79. The van der Waals surface area contributed by atoms with Crippen molar-refractivity contribution in [2.24, 2.45) is 0 Å². The first-order chi connectivity index (χ1) is 17.6. The Morgan fingerprint density at radius 1 is 1.28 bits per heavy atom. The third-order valence-electron chi connectivity index (χ3n) is 6.79. The summed E-state index contributed by atoms with van der Waals surface area (Å²) in [6, 6.07) is 4.37. The second-order valence-electron chi connectivity index (χ2n) is 9.23. The molecule has 3 aromatic rings. The zero-order valence-corrected chi connectivity index (χ0v) is 21.0. The number of anilines is 2. The van der Waals surface area contributed by atoms with E-state index in [1.165, 1.54) is 0 Å². The van der Waals surface area contributed by atoms with E-state index in [1.807, 2.05) is 10.9 Å². The first kappa shape index (κ1) is 25.6. The molecule has 36 heavy (non-hydrogen) atoms. The van der Waals surface area contributed by atoms with Crippen LogP contribution in [0.3, 0.4) is 0 Å². The molecule has 4 rings (SSSR count). The number of rotatable bonds is 11. The Morgan fingerprint density at radius 3 is 2.78 bits per heavy atom. The predicted molar refractivity (Wildman–Crippen MR) is 138 cm³/mol. The number of nitriles is 1. The number of aliphatic hydroxyl groups excluding tert-OH is 1. The number of nitrogens with one attached hydrogen (secondary N) is 1. The first-order valence-corrected chi connectivity index (χ1v) is 12.5. The quantitative estimate of drug-likeness (QED) is 0.340. The molecular weight excluding hydrogens is 458 g/mol. The summed E-state index contributed by atoms with van der Waals surface area (Å²) < 4.78 is 7.53. The van der Waals surface area contributed by atoms with Gasteiger partial charge in [0.1, 0.15) is 22.5 Å². The lowest BCUT2D eigenvalue weighted by Gasteiger charge is -2.30. The molecule has 11 heteroatoms. The van der Waals surface area contributed by atoms with Gasteiger partial charge >= 0.3 is 0 Å². The Kier molecular flexibility index (Phi) is 8.51. The second-order valence-corrected chi connectivity index (χ2v) is 9.23. The van der Waals surface area contributed by atoms with E-state index in [0.717, 1.165) is 55.5 Å². The number of aromatic nitrogens is 5. The fourth-order valence-electron chi connectivity index (χ4n) is 4.90. The molecule has 3 aromatic heterocycles. The van der Waals surface area contributed by atoms with Gasteiger partial charge in [-0.1, -0.05) is 13.3 Å². The zero-order chi connectivity index (χ0) is 25.5. The van der Waals surface area contributed by atoms with Crippen LogP contribution in [0.4, 0.5) is 11.8 Å². The van der Waals surface area contributed by atoms with Crippen molar-refractivity contribution in [2.45, 2.75) is 57.5 Å². The van der Waals surface area contributed by atoms with E-state index in [4.69, 9.17) is 20.7 Å². The van der Waals surface area contributed by atoms with E-state index in [2.05, 4.69) is 44.3 Å². The molecule has 0 aromatic carbocycles. The molecule has 1 aliphatic heterocycles. The number of piperidine rings is 1. The highest BCUT2D eigenvalue weighted by molar-refractivity contribution is 5.86. The number of nitrogen functional groups attached to an aromatic ring is 1. The predicted octanol–water partition coefficient (Wildman–Crippen LogP) is 2.53. The standard InChI is InChI=1S/C25H35N9O2/c1-3-4-19(7-12-35)30-24-23-20(31-25(27)32-24)15-29-34(23)16-21-22(36-2)13-18(14-28-21)17-5-9-33(10-6-17)11-8-26/h13-15,17,19,35H,3-7,9-12,16H2,1-2H3,(H3,27,30,31,32)/t19-/m0/s1. The number of likely N-dealkylation sites (tertiary alicyclic amines) is 1. The monoisotopic (exact) mass is 493 g/mol. The number of fused-ring (bicyclic) bond motifs is 1. The molecule has 0 unspecified atom stereocenters. The Bertz CT molecular complexity index is 1190. The molecule has 0 amide bonds. The second kappa shape index (κ2) is 12.0. The van der Waals surface area contributed by atoms with Gasteiger partial charge in [0.15, 0.2) is 5.82 Å². The molecule has 1 aliphatic rings. The lowest BCUT2D eigenvalue weighted by atomic mass is 9.90. The zero-order valence-electron chi connectivity index (χ0n) is 21.0. The molecular formula is C25H35N9O2. The fourth-order valence-corrected chi connectivity index (χ4v) is 4.90. The molecule has 0 saturated carbocycles. The van der Waals surface area contributed by atoms with Crippen LogP contribution in [0.15, 0.2) is 18.5 Å². The molecule has 11 nitrogen and oxygen atoms in total. The molecule has 0 aliphatic carbocycles. The van der Waals surface area contributed by atoms with Gasteiger partial charge in [0, 0.05) is 18.8 Å². The Labute approximate surface area is 211 Å². The number of hydrogen-bond acceptors (Lipinski definition) is 10.